The Labute approximate surface area is 252 Å². The second-order valence-electron chi connectivity index (χ2n) is 12.7. The third-order valence-corrected chi connectivity index (χ3v) is 12.8. The van der Waals surface area contributed by atoms with Crippen LogP contribution in [0.1, 0.15) is 58.0 Å². The van der Waals surface area contributed by atoms with Gasteiger partial charge in [0.15, 0.2) is 14.1 Å². The topological polar surface area (TPSA) is 95.7 Å². The van der Waals surface area contributed by atoms with Gasteiger partial charge in [-0.05, 0) is 75.4 Å². The fourth-order valence-corrected chi connectivity index (χ4v) is 6.50. The van der Waals surface area contributed by atoms with E-state index >= 15 is 0 Å². The van der Waals surface area contributed by atoms with Crippen LogP contribution in [0.25, 0.3) is 16.6 Å². The highest BCUT2D eigenvalue weighted by Gasteiger charge is 2.40. The summed E-state index contributed by atoms with van der Waals surface area (Å²) >= 11 is 0. The van der Waals surface area contributed by atoms with Crippen molar-refractivity contribution in [2.45, 2.75) is 97.3 Å². The van der Waals surface area contributed by atoms with Crippen LogP contribution in [0.3, 0.4) is 0 Å². The zero-order valence-corrected chi connectivity index (χ0v) is 26.8. The minimum atomic E-state index is -2.98. The first kappa shape index (κ1) is 30.8. The molecule has 0 bridgehead atoms. The Morgan fingerprint density at radius 1 is 0.977 bits per heavy atom. The summed E-state index contributed by atoms with van der Waals surface area (Å²) in [6.07, 6.45) is 6.98. The average Bonchev–Trinajstić information content (AvgIpc) is 3.30. The number of nitrogens with one attached hydrogen (secondary N) is 1. The Balaban J connectivity index is 1.36. The summed E-state index contributed by atoms with van der Waals surface area (Å²) in [6, 6.07) is 9.02. The van der Waals surface area contributed by atoms with Crippen molar-refractivity contribution in [3.05, 3.63) is 54.2 Å². The number of halogens is 2. The summed E-state index contributed by atoms with van der Waals surface area (Å²) in [7, 11) is -1.85. The molecule has 4 aromatic rings. The molecule has 0 aromatic carbocycles. The second kappa shape index (κ2) is 12.2. The standard InChI is InChI=1S/C31H40F2N6O3Si/c1-19-14-27(36-20(2)35-19)37-28-16-22-15-21(12-13-39(22)38-28)25-17-29(41-30(32)33)34-18-26(25)40-23-8-10-24(11-9-23)42-43(6,7)31(3,4)5/h12-18,23-24,30H,8-11H2,1-7H3,(H,35,36,37,38)/t23-,24-. The summed E-state index contributed by atoms with van der Waals surface area (Å²) in [5, 5.41) is 7.98. The fraction of sp³-hybridized carbons (Fsp3) is 0.484. The van der Waals surface area contributed by atoms with E-state index in [1.54, 1.807) is 4.52 Å². The van der Waals surface area contributed by atoms with Gasteiger partial charge in [0.2, 0.25) is 5.88 Å². The van der Waals surface area contributed by atoms with E-state index in [9.17, 15) is 8.78 Å². The largest absolute Gasteiger partial charge is 0.488 e. The van der Waals surface area contributed by atoms with Crippen molar-refractivity contribution in [2.24, 2.45) is 0 Å². The summed E-state index contributed by atoms with van der Waals surface area (Å²) in [5.74, 6) is 2.27. The lowest BCUT2D eigenvalue weighted by Gasteiger charge is -2.41. The molecule has 1 aliphatic rings. The van der Waals surface area contributed by atoms with Gasteiger partial charge < -0.3 is 19.2 Å². The van der Waals surface area contributed by atoms with Gasteiger partial charge in [-0.15, -0.1) is 0 Å². The summed E-state index contributed by atoms with van der Waals surface area (Å²) < 4.78 is 45.6. The van der Waals surface area contributed by atoms with E-state index in [0.717, 1.165) is 42.5 Å². The van der Waals surface area contributed by atoms with E-state index in [1.165, 1.54) is 12.3 Å². The quantitative estimate of drug-likeness (QED) is 0.191. The Hall–Kier alpha value is -3.64. The smallest absolute Gasteiger partial charge is 0.388 e. The van der Waals surface area contributed by atoms with E-state index in [0.29, 0.717) is 28.8 Å². The first-order chi connectivity index (χ1) is 20.3. The zero-order chi connectivity index (χ0) is 30.9. The normalized spacial score (nSPS) is 17.8. The number of aryl methyl sites for hydroxylation is 2. The summed E-state index contributed by atoms with van der Waals surface area (Å²) in [6.45, 7) is 12.1. The van der Waals surface area contributed by atoms with E-state index in [1.807, 2.05) is 44.3 Å². The maximum absolute atomic E-state index is 13.1. The molecule has 0 spiro atoms. The third-order valence-electron chi connectivity index (χ3n) is 8.23. The van der Waals surface area contributed by atoms with Crippen LogP contribution in [-0.4, -0.2) is 51.7 Å². The molecular weight excluding hydrogens is 570 g/mol. The van der Waals surface area contributed by atoms with Gasteiger partial charge in [-0.1, -0.05) is 20.8 Å². The number of fused-ring (bicyclic) bond motifs is 1. The predicted molar refractivity (Wildman–Crippen MR) is 165 cm³/mol. The molecule has 9 nitrogen and oxygen atoms in total. The van der Waals surface area contributed by atoms with Gasteiger partial charge in [-0.2, -0.15) is 13.9 Å². The molecule has 1 saturated carbocycles. The highest BCUT2D eigenvalue weighted by atomic mass is 28.4. The molecule has 0 radical (unpaired) electrons. The van der Waals surface area contributed by atoms with Gasteiger partial charge in [-0.3, -0.25) is 0 Å². The number of aromatic nitrogens is 5. The van der Waals surface area contributed by atoms with E-state index in [2.05, 4.69) is 64.0 Å². The molecule has 1 fully saturated rings. The number of anilines is 2. The van der Waals surface area contributed by atoms with Crippen LogP contribution in [0.4, 0.5) is 20.4 Å². The number of hydrogen-bond acceptors (Lipinski definition) is 8. The summed E-state index contributed by atoms with van der Waals surface area (Å²) in [4.78, 5) is 12.8. The highest BCUT2D eigenvalue weighted by Crippen LogP contribution is 2.40. The zero-order valence-electron chi connectivity index (χ0n) is 25.8. The van der Waals surface area contributed by atoms with E-state index in [4.69, 9.17) is 9.16 Å². The monoisotopic (exact) mass is 610 g/mol. The van der Waals surface area contributed by atoms with Gasteiger partial charge in [0, 0.05) is 41.8 Å². The van der Waals surface area contributed by atoms with Crippen molar-refractivity contribution in [1.82, 2.24) is 24.6 Å². The molecule has 0 atom stereocenters. The Kier molecular flexibility index (Phi) is 8.71. The van der Waals surface area contributed by atoms with Gasteiger partial charge >= 0.3 is 6.61 Å². The molecule has 4 aromatic heterocycles. The second-order valence-corrected chi connectivity index (χ2v) is 17.4. The maximum Gasteiger partial charge on any atom is 0.388 e. The lowest BCUT2D eigenvalue weighted by Crippen LogP contribution is -2.45. The van der Waals surface area contributed by atoms with Crippen LogP contribution >= 0.6 is 0 Å². The number of rotatable bonds is 9. The van der Waals surface area contributed by atoms with Crippen molar-refractivity contribution in [3.63, 3.8) is 0 Å². The molecule has 230 valence electrons. The molecule has 0 saturated heterocycles. The van der Waals surface area contributed by atoms with Crippen LogP contribution < -0.4 is 14.8 Å². The van der Waals surface area contributed by atoms with Crippen LogP contribution in [0.15, 0.2) is 42.7 Å². The van der Waals surface area contributed by atoms with Crippen LogP contribution in [-0.2, 0) is 4.43 Å². The lowest BCUT2D eigenvalue weighted by atomic mass is 9.95. The molecule has 12 heteroatoms. The number of ether oxygens (including phenoxy) is 2. The van der Waals surface area contributed by atoms with Crippen LogP contribution in [0, 0.1) is 13.8 Å². The Morgan fingerprint density at radius 2 is 1.70 bits per heavy atom. The van der Waals surface area contributed by atoms with Gasteiger partial charge in [0.1, 0.15) is 17.4 Å². The van der Waals surface area contributed by atoms with Crippen LogP contribution in [0.2, 0.25) is 18.1 Å². The minimum absolute atomic E-state index is 0.0315. The maximum atomic E-state index is 13.1. The molecule has 0 unspecified atom stereocenters. The summed E-state index contributed by atoms with van der Waals surface area (Å²) in [5.41, 5.74) is 3.03. The van der Waals surface area contributed by atoms with Crippen molar-refractivity contribution < 1.29 is 22.7 Å². The predicted octanol–water partition coefficient (Wildman–Crippen LogP) is 7.86. The van der Waals surface area contributed by atoms with E-state index in [-0.39, 0.29) is 23.1 Å². The number of hydrogen-bond donors (Lipinski definition) is 1. The molecule has 43 heavy (non-hydrogen) atoms. The Morgan fingerprint density at radius 3 is 2.37 bits per heavy atom. The molecule has 0 amide bonds. The SMILES string of the molecule is Cc1cc(Nc2cc3cc(-c4cc(OC(F)F)ncc4O[C@H]4CC[C@H](O[Si](C)(C)C(C)(C)C)CC4)ccn3n2)nc(C)n1. The highest BCUT2D eigenvalue weighted by molar-refractivity contribution is 6.74. The van der Waals surface area contributed by atoms with Crippen molar-refractivity contribution >= 4 is 25.5 Å². The Bertz CT molecular complexity index is 1560. The average molecular weight is 611 g/mol. The number of nitrogens with zero attached hydrogens (tertiary/aromatic N) is 5. The molecule has 5 rings (SSSR count). The number of alkyl halides is 2. The first-order valence-corrected chi connectivity index (χ1v) is 17.5. The van der Waals surface area contributed by atoms with Gasteiger partial charge in [0.25, 0.3) is 0 Å². The fourth-order valence-electron chi connectivity index (χ4n) is 5.08. The van der Waals surface area contributed by atoms with Crippen molar-refractivity contribution in [1.29, 1.82) is 0 Å². The molecule has 4 heterocycles. The first-order valence-electron chi connectivity index (χ1n) is 14.6. The number of pyridine rings is 2. The van der Waals surface area contributed by atoms with Crippen molar-refractivity contribution in [2.75, 3.05) is 5.32 Å². The van der Waals surface area contributed by atoms with E-state index < -0.39 is 14.9 Å². The molecule has 1 aliphatic carbocycles. The molecule has 0 aliphatic heterocycles. The van der Waals surface area contributed by atoms with Crippen LogP contribution in [0.5, 0.6) is 11.6 Å². The molecular formula is C31H40F2N6O3Si. The van der Waals surface area contributed by atoms with Gasteiger partial charge in [0.05, 0.1) is 17.8 Å². The van der Waals surface area contributed by atoms with Crippen molar-refractivity contribution in [3.8, 4) is 22.8 Å². The lowest BCUT2D eigenvalue weighted by molar-refractivity contribution is -0.0528. The minimum Gasteiger partial charge on any atom is -0.488 e. The van der Waals surface area contributed by atoms with Gasteiger partial charge in [-0.25, -0.2) is 19.5 Å². The molecule has 1 N–H and O–H groups in total. The third kappa shape index (κ3) is 7.48.